The molecule has 0 aromatic rings. The number of nitrogens with zero attached hydrogens (tertiary/aromatic N) is 1. The molecule has 0 unspecified atom stereocenters. The lowest BCUT2D eigenvalue weighted by molar-refractivity contribution is -0.120. The molecule has 2 N–H and O–H groups in total. The van der Waals surface area contributed by atoms with Crippen LogP contribution < -0.4 is 10.6 Å². The molecular formula is C10H21N3O. The molecule has 14 heavy (non-hydrogen) atoms. The summed E-state index contributed by atoms with van der Waals surface area (Å²) in [5.41, 5.74) is 0. The van der Waals surface area contributed by atoms with E-state index in [0.717, 1.165) is 19.0 Å². The highest BCUT2D eigenvalue weighted by atomic mass is 16.1. The maximum atomic E-state index is 11.0. The number of carbonyl (C=O) groups excluding carboxylic acids is 1. The molecular weight excluding hydrogens is 178 g/mol. The molecule has 1 heterocycles. The predicted octanol–water partition coefficient (Wildman–Crippen LogP) is -0.336. The Labute approximate surface area is 86.0 Å². The van der Waals surface area contributed by atoms with E-state index in [9.17, 15) is 4.79 Å². The van der Waals surface area contributed by atoms with Crippen LogP contribution in [0, 0.1) is 5.92 Å². The Morgan fingerprint density at radius 1 is 1.50 bits per heavy atom. The van der Waals surface area contributed by atoms with Crippen LogP contribution in [-0.4, -0.2) is 51.1 Å². The molecule has 1 saturated heterocycles. The summed E-state index contributed by atoms with van der Waals surface area (Å²) >= 11 is 0. The topological polar surface area (TPSA) is 44.4 Å². The van der Waals surface area contributed by atoms with Gasteiger partial charge in [-0.05, 0) is 39.0 Å². The van der Waals surface area contributed by atoms with Gasteiger partial charge in [0.25, 0.3) is 0 Å². The Morgan fingerprint density at radius 2 is 2.21 bits per heavy atom. The Kier molecular flexibility index (Phi) is 4.90. The molecule has 0 bridgehead atoms. The van der Waals surface area contributed by atoms with E-state index in [2.05, 4.69) is 22.6 Å². The lowest BCUT2D eigenvalue weighted by atomic mass is 9.99. The third kappa shape index (κ3) is 4.07. The smallest absolute Gasteiger partial charge is 0.221 e. The Bertz CT molecular complexity index is 180. The SMILES string of the molecule is CNC(=O)CCN(C)CCC1CNC1. The van der Waals surface area contributed by atoms with Gasteiger partial charge in [-0.15, -0.1) is 0 Å². The molecule has 0 saturated carbocycles. The fourth-order valence-corrected chi connectivity index (χ4v) is 1.48. The van der Waals surface area contributed by atoms with E-state index in [4.69, 9.17) is 0 Å². The standard InChI is InChI=1S/C10H21N3O/c1-11-10(14)4-6-13(2)5-3-9-7-12-8-9/h9,12H,3-8H2,1-2H3,(H,11,14). The summed E-state index contributed by atoms with van der Waals surface area (Å²) in [6, 6.07) is 0. The maximum absolute atomic E-state index is 11.0. The van der Waals surface area contributed by atoms with Gasteiger partial charge in [-0.3, -0.25) is 4.79 Å². The molecule has 0 radical (unpaired) electrons. The highest BCUT2D eigenvalue weighted by molar-refractivity contribution is 5.75. The van der Waals surface area contributed by atoms with Crippen molar-refractivity contribution in [2.45, 2.75) is 12.8 Å². The van der Waals surface area contributed by atoms with Crippen molar-refractivity contribution in [3.63, 3.8) is 0 Å². The normalized spacial score (nSPS) is 16.8. The zero-order valence-electron chi connectivity index (χ0n) is 9.18. The summed E-state index contributed by atoms with van der Waals surface area (Å²) < 4.78 is 0. The van der Waals surface area contributed by atoms with Crippen molar-refractivity contribution in [2.75, 3.05) is 40.3 Å². The van der Waals surface area contributed by atoms with E-state index < -0.39 is 0 Å². The molecule has 0 aliphatic carbocycles. The number of hydrogen-bond acceptors (Lipinski definition) is 3. The van der Waals surface area contributed by atoms with Crippen LogP contribution in [0.15, 0.2) is 0 Å². The average Bonchev–Trinajstić information content (AvgIpc) is 2.11. The van der Waals surface area contributed by atoms with Crippen LogP contribution in [0.4, 0.5) is 0 Å². The second-order valence-corrected chi connectivity index (χ2v) is 4.04. The minimum atomic E-state index is 0.127. The first-order valence-electron chi connectivity index (χ1n) is 5.32. The van der Waals surface area contributed by atoms with Crippen molar-refractivity contribution >= 4 is 5.91 Å². The molecule has 82 valence electrons. The maximum Gasteiger partial charge on any atom is 0.221 e. The third-order valence-electron chi connectivity index (χ3n) is 2.78. The van der Waals surface area contributed by atoms with Gasteiger partial charge in [-0.25, -0.2) is 0 Å². The first kappa shape index (κ1) is 11.5. The number of rotatable bonds is 6. The Hall–Kier alpha value is -0.610. The fraction of sp³-hybridized carbons (Fsp3) is 0.900. The van der Waals surface area contributed by atoms with Crippen molar-refractivity contribution in [1.82, 2.24) is 15.5 Å². The lowest BCUT2D eigenvalue weighted by Gasteiger charge is -2.28. The van der Waals surface area contributed by atoms with Gasteiger partial charge >= 0.3 is 0 Å². The molecule has 4 nitrogen and oxygen atoms in total. The summed E-state index contributed by atoms with van der Waals surface area (Å²) in [7, 11) is 3.76. The second-order valence-electron chi connectivity index (χ2n) is 4.04. The van der Waals surface area contributed by atoms with E-state index in [1.165, 1.54) is 19.5 Å². The van der Waals surface area contributed by atoms with Gasteiger partial charge in [0.1, 0.15) is 0 Å². The highest BCUT2D eigenvalue weighted by Crippen LogP contribution is 2.08. The van der Waals surface area contributed by atoms with Gasteiger partial charge < -0.3 is 15.5 Å². The highest BCUT2D eigenvalue weighted by Gasteiger charge is 2.16. The van der Waals surface area contributed by atoms with Crippen LogP contribution in [0.5, 0.6) is 0 Å². The van der Waals surface area contributed by atoms with E-state index in [1.807, 2.05) is 0 Å². The molecule has 1 aliphatic rings. The molecule has 0 spiro atoms. The van der Waals surface area contributed by atoms with Crippen molar-refractivity contribution < 1.29 is 4.79 Å². The Balaban J connectivity index is 1.97. The van der Waals surface area contributed by atoms with Gasteiger partial charge in [-0.1, -0.05) is 0 Å². The molecule has 1 amide bonds. The summed E-state index contributed by atoms with van der Waals surface area (Å²) in [6.45, 7) is 4.30. The lowest BCUT2D eigenvalue weighted by Crippen LogP contribution is -2.43. The number of carbonyl (C=O) groups is 1. The Morgan fingerprint density at radius 3 is 2.71 bits per heavy atom. The van der Waals surface area contributed by atoms with Crippen LogP contribution in [0.25, 0.3) is 0 Å². The molecule has 1 aliphatic heterocycles. The van der Waals surface area contributed by atoms with Crippen molar-refractivity contribution in [3.8, 4) is 0 Å². The van der Waals surface area contributed by atoms with Crippen molar-refractivity contribution in [1.29, 1.82) is 0 Å². The zero-order valence-corrected chi connectivity index (χ0v) is 9.18. The molecule has 1 fully saturated rings. The molecule has 0 aromatic carbocycles. The molecule has 1 rings (SSSR count). The van der Waals surface area contributed by atoms with E-state index >= 15 is 0 Å². The number of amides is 1. The average molecular weight is 199 g/mol. The van der Waals surface area contributed by atoms with Gasteiger partial charge in [0, 0.05) is 20.0 Å². The van der Waals surface area contributed by atoms with Gasteiger partial charge in [0.05, 0.1) is 0 Å². The third-order valence-corrected chi connectivity index (χ3v) is 2.78. The van der Waals surface area contributed by atoms with Crippen LogP contribution in [0.2, 0.25) is 0 Å². The monoisotopic (exact) mass is 199 g/mol. The largest absolute Gasteiger partial charge is 0.359 e. The van der Waals surface area contributed by atoms with Gasteiger partial charge in [-0.2, -0.15) is 0 Å². The van der Waals surface area contributed by atoms with Crippen LogP contribution in [0.1, 0.15) is 12.8 Å². The van der Waals surface area contributed by atoms with Gasteiger partial charge in [0.2, 0.25) is 5.91 Å². The van der Waals surface area contributed by atoms with E-state index in [-0.39, 0.29) is 5.91 Å². The summed E-state index contributed by atoms with van der Waals surface area (Å²) in [4.78, 5) is 13.2. The molecule has 4 heteroatoms. The van der Waals surface area contributed by atoms with E-state index in [0.29, 0.717) is 6.42 Å². The minimum Gasteiger partial charge on any atom is -0.359 e. The molecule has 0 atom stereocenters. The first-order chi connectivity index (χ1) is 6.72. The fourth-order valence-electron chi connectivity index (χ4n) is 1.48. The molecule has 0 aromatic heterocycles. The van der Waals surface area contributed by atoms with Crippen molar-refractivity contribution in [2.24, 2.45) is 5.92 Å². The summed E-state index contributed by atoms with van der Waals surface area (Å²) in [5, 5.41) is 5.89. The summed E-state index contributed by atoms with van der Waals surface area (Å²) in [5.74, 6) is 0.986. The predicted molar refractivity (Wildman–Crippen MR) is 57.2 cm³/mol. The van der Waals surface area contributed by atoms with Crippen LogP contribution in [-0.2, 0) is 4.79 Å². The van der Waals surface area contributed by atoms with Gasteiger partial charge in [0.15, 0.2) is 0 Å². The zero-order chi connectivity index (χ0) is 10.4. The second kappa shape index (κ2) is 5.98. The quantitative estimate of drug-likeness (QED) is 0.615. The summed E-state index contributed by atoms with van der Waals surface area (Å²) in [6.07, 6.45) is 1.85. The minimum absolute atomic E-state index is 0.127. The number of nitrogens with one attached hydrogen (secondary N) is 2. The number of hydrogen-bond donors (Lipinski definition) is 2. The van der Waals surface area contributed by atoms with Crippen molar-refractivity contribution in [3.05, 3.63) is 0 Å². The van der Waals surface area contributed by atoms with Crippen LogP contribution >= 0.6 is 0 Å². The van der Waals surface area contributed by atoms with Crippen LogP contribution in [0.3, 0.4) is 0 Å². The first-order valence-corrected chi connectivity index (χ1v) is 5.32. The van der Waals surface area contributed by atoms with E-state index in [1.54, 1.807) is 7.05 Å².